The average Bonchev–Trinajstić information content (AvgIpc) is 2.16. The molecule has 5 nitrogen and oxygen atoms in total. The largest absolute Gasteiger partial charge is 0.481 e. The van der Waals surface area contributed by atoms with Crippen molar-refractivity contribution in [3.05, 3.63) is 0 Å². The van der Waals surface area contributed by atoms with Crippen LogP contribution in [0.25, 0.3) is 0 Å². The number of aliphatic carboxylic acids is 1. The van der Waals surface area contributed by atoms with Crippen LogP contribution in [0, 0.1) is 11.8 Å². The van der Waals surface area contributed by atoms with Crippen molar-refractivity contribution in [1.82, 2.24) is 5.32 Å². The first-order chi connectivity index (χ1) is 7.40. The molecule has 0 rings (SSSR count). The molecule has 0 aromatic carbocycles. The van der Waals surface area contributed by atoms with E-state index in [-0.39, 0.29) is 18.4 Å². The second-order valence-electron chi connectivity index (χ2n) is 4.33. The molecule has 1 unspecified atom stereocenters. The zero-order valence-electron chi connectivity index (χ0n) is 10.2. The number of amides is 1. The minimum atomic E-state index is -0.889. The van der Waals surface area contributed by atoms with Crippen LogP contribution >= 0.6 is 0 Å². The molecule has 0 aliphatic heterocycles. The van der Waals surface area contributed by atoms with Crippen molar-refractivity contribution in [3.8, 4) is 0 Å². The highest BCUT2D eigenvalue weighted by Gasteiger charge is 2.23. The number of hydrogen-bond donors (Lipinski definition) is 3. The minimum Gasteiger partial charge on any atom is -0.481 e. The molecule has 0 aliphatic carbocycles. The molecule has 4 N–H and O–H groups in total. The van der Waals surface area contributed by atoms with E-state index in [0.29, 0.717) is 6.42 Å². The molecule has 0 saturated heterocycles. The van der Waals surface area contributed by atoms with Crippen LogP contribution in [-0.4, -0.2) is 29.6 Å². The number of nitrogens with two attached hydrogens (primary N) is 1. The topological polar surface area (TPSA) is 92.4 Å². The highest BCUT2D eigenvalue weighted by atomic mass is 16.4. The lowest BCUT2D eigenvalue weighted by atomic mass is 9.96. The molecule has 0 aliphatic rings. The molecular formula is C11H22N2O3. The Morgan fingerprint density at radius 3 is 2.31 bits per heavy atom. The first-order valence-electron chi connectivity index (χ1n) is 5.66. The molecule has 0 aromatic heterocycles. The molecule has 0 heterocycles. The first kappa shape index (κ1) is 14.9. The van der Waals surface area contributed by atoms with Gasteiger partial charge >= 0.3 is 5.97 Å². The Morgan fingerprint density at radius 1 is 1.38 bits per heavy atom. The Hall–Kier alpha value is -1.10. The van der Waals surface area contributed by atoms with E-state index < -0.39 is 17.9 Å². The van der Waals surface area contributed by atoms with Crippen molar-refractivity contribution in [3.63, 3.8) is 0 Å². The summed E-state index contributed by atoms with van der Waals surface area (Å²) >= 11 is 0. The van der Waals surface area contributed by atoms with E-state index in [9.17, 15) is 9.59 Å². The standard InChI is InChI=1S/C11H22N2O3/c1-4-5-9(12)10(14)13-6-8(7(2)3)11(15)16/h7-9H,4-6,12H2,1-3H3,(H,13,14)(H,15,16)/t8?,9-/m0/s1. The Kier molecular flexibility index (Phi) is 6.72. The van der Waals surface area contributed by atoms with Crippen LogP contribution in [0.4, 0.5) is 0 Å². The van der Waals surface area contributed by atoms with Crippen LogP contribution < -0.4 is 11.1 Å². The lowest BCUT2D eigenvalue weighted by Crippen LogP contribution is -2.44. The van der Waals surface area contributed by atoms with E-state index in [2.05, 4.69) is 5.32 Å². The highest BCUT2D eigenvalue weighted by molar-refractivity contribution is 5.82. The maximum Gasteiger partial charge on any atom is 0.308 e. The quantitative estimate of drug-likeness (QED) is 0.596. The van der Waals surface area contributed by atoms with Gasteiger partial charge in [0.2, 0.25) is 5.91 Å². The number of hydrogen-bond acceptors (Lipinski definition) is 3. The normalized spacial score (nSPS) is 14.6. The Labute approximate surface area is 96.4 Å². The van der Waals surface area contributed by atoms with Gasteiger partial charge in [-0.25, -0.2) is 0 Å². The summed E-state index contributed by atoms with van der Waals surface area (Å²) in [6.45, 7) is 5.72. The molecule has 0 radical (unpaired) electrons. The van der Waals surface area contributed by atoms with E-state index in [0.717, 1.165) is 6.42 Å². The van der Waals surface area contributed by atoms with Gasteiger partial charge in [-0.2, -0.15) is 0 Å². The maximum absolute atomic E-state index is 11.5. The second-order valence-corrected chi connectivity index (χ2v) is 4.33. The van der Waals surface area contributed by atoms with E-state index in [1.54, 1.807) is 0 Å². The van der Waals surface area contributed by atoms with Gasteiger partial charge in [-0.3, -0.25) is 9.59 Å². The molecule has 0 saturated carbocycles. The summed E-state index contributed by atoms with van der Waals surface area (Å²) in [6, 6.07) is -0.536. The number of nitrogens with one attached hydrogen (secondary N) is 1. The van der Waals surface area contributed by atoms with Crippen molar-refractivity contribution in [2.45, 2.75) is 39.7 Å². The molecule has 94 valence electrons. The first-order valence-corrected chi connectivity index (χ1v) is 5.66. The Bertz CT molecular complexity index is 241. The van der Waals surface area contributed by atoms with E-state index in [1.807, 2.05) is 20.8 Å². The summed E-state index contributed by atoms with van der Waals surface area (Å²) < 4.78 is 0. The van der Waals surface area contributed by atoms with Crippen LogP contribution in [0.15, 0.2) is 0 Å². The monoisotopic (exact) mass is 230 g/mol. The summed E-state index contributed by atoms with van der Waals surface area (Å²) in [5.41, 5.74) is 5.61. The summed E-state index contributed by atoms with van der Waals surface area (Å²) in [5, 5.41) is 11.5. The summed E-state index contributed by atoms with van der Waals surface area (Å²) in [6.07, 6.45) is 1.45. The third-order valence-corrected chi connectivity index (χ3v) is 2.55. The predicted octanol–water partition coefficient (Wildman–Crippen LogP) is 0.587. The van der Waals surface area contributed by atoms with Crippen molar-refractivity contribution in [2.75, 3.05) is 6.54 Å². The van der Waals surface area contributed by atoms with Gasteiger partial charge in [0.05, 0.1) is 12.0 Å². The number of rotatable bonds is 7. The van der Waals surface area contributed by atoms with E-state index in [1.165, 1.54) is 0 Å². The molecule has 0 spiro atoms. The third kappa shape index (κ3) is 5.11. The summed E-state index contributed by atoms with van der Waals surface area (Å²) in [4.78, 5) is 22.3. The molecule has 0 bridgehead atoms. The van der Waals surface area contributed by atoms with Gasteiger partial charge in [-0.15, -0.1) is 0 Å². The van der Waals surface area contributed by atoms with Crippen molar-refractivity contribution >= 4 is 11.9 Å². The molecule has 5 heteroatoms. The van der Waals surface area contributed by atoms with Crippen molar-refractivity contribution in [2.24, 2.45) is 17.6 Å². The van der Waals surface area contributed by atoms with Gasteiger partial charge in [0.1, 0.15) is 0 Å². The second kappa shape index (κ2) is 7.22. The SMILES string of the molecule is CCC[C@H](N)C(=O)NCC(C(=O)O)C(C)C. The van der Waals surface area contributed by atoms with Gasteiger partial charge in [-0.1, -0.05) is 27.2 Å². The van der Waals surface area contributed by atoms with Crippen LogP contribution in [-0.2, 0) is 9.59 Å². The van der Waals surface area contributed by atoms with Crippen molar-refractivity contribution < 1.29 is 14.7 Å². The molecule has 1 amide bonds. The zero-order chi connectivity index (χ0) is 12.7. The maximum atomic E-state index is 11.5. The third-order valence-electron chi connectivity index (χ3n) is 2.55. The molecular weight excluding hydrogens is 208 g/mol. The molecule has 0 fully saturated rings. The van der Waals surface area contributed by atoms with Crippen LogP contribution in [0.2, 0.25) is 0 Å². The van der Waals surface area contributed by atoms with Crippen molar-refractivity contribution in [1.29, 1.82) is 0 Å². The van der Waals surface area contributed by atoms with Crippen LogP contribution in [0.1, 0.15) is 33.6 Å². The number of carboxylic acids is 1. The number of carbonyl (C=O) groups is 2. The molecule has 2 atom stereocenters. The summed E-state index contributed by atoms with van der Waals surface area (Å²) in [7, 11) is 0. The average molecular weight is 230 g/mol. The molecule has 16 heavy (non-hydrogen) atoms. The smallest absolute Gasteiger partial charge is 0.308 e. The van der Waals surface area contributed by atoms with Gasteiger partial charge in [0, 0.05) is 6.54 Å². The summed E-state index contributed by atoms with van der Waals surface area (Å²) in [5.74, 6) is -1.73. The molecule has 0 aromatic rings. The lowest BCUT2D eigenvalue weighted by Gasteiger charge is -2.18. The number of carboxylic acid groups (broad SMARTS) is 1. The fraction of sp³-hybridized carbons (Fsp3) is 0.818. The Morgan fingerprint density at radius 2 is 1.94 bits per heavy atom. The fourth-order valence-electron chi connectivity index (χ4n) is 1.39. The minimum absolute atomic E-state index is 0.0137. The fourth-order valence-corrected chi connectivity index (χ4v) is 1.39. The van der Waals surface area contributed by atoms with E-state index in [4.69, 9.17) is 10.8 Å². The van der Waals surface area contributed by atoms with Gasteiger partial charge in [0.15, 0.2) is 0 Å². The predicted molar refractivity (Wildman–Crippen MR) is 61.9 cm³/mol. The van der Waals surface area contributed by atoms with Crippen LogP contribution in [0.3, 0.4) is 0 Å². The Balaban J connectivity index is 4.11. The van der Waals surface area contributed by atoms with Gasteiger partial charge < -0.3 is 16.2 Å². The van der Waals surface area contributed by atoms with Gasteiger partial charge in [0.25, 0.3) is 0 Å². The van der Waals surface area contributed by atoms with E-state index >= 15 is 0 Å². The highest BCUT2D eigenvalue weighted by Crippen LogP contribution is 2.09. The number of carbonyl (C=O) groups excluding carboxylic acids is 1. The van der Waals surface area contributed by atoms with Crippen LogP contribution in [0.5, 0.6) is 0 Å². The lowest BCUT2D eigenvalue weighted by molar-refractivity contribution is -0.143. The van der Waals surface area contributed by atoms with Gasteiger partial charge in [-0.05, 0) is 12.3 Å². The zero-order valence-corrected chi connectivity index (χ0v) is 10.2.